The molecule has 2 aromatic carbocycles. The lowest BCUT2D eigenvalue weighted by Gasteiger charge is -2.33. The number of carbonyl (C=O) groups excluding carboxylic acids is 2. The second kappa shape index (κ2) is 9.53. The molecule has 206 valence electrons. The van der Waals surface area contributed by atoms with Crippen molar-refractivity contribution >= 4 is 48.6 Å². The molecule has 39 heavy (non-hydrogen) atoms. The van der Waals surface area contributed by atoms with E-state index in [-0.39, 0.29) is 17.9 Å². The van der Waals surface area contributed by atoms with Crippen LogP contribution in [0.25, 0.3) is 0 Å². The Labute approximate surface area is 226 Å². The van der Waals surface area contributed by atoms with Gasteiger partial charge in [-0.25, -0.2) is 21.2 Å². The van der Waals surface area contributed by atoms with Crippen molar-refractivity contribution in [3.8, 4) is 6.07 Å². The Balaban J connectivity index is 1.83. The number of anilines is 1. The molecule has 1 amide bonds. The number of aliphatic imine (C=N–C) groups is 1. The van der Waals surface area contributed by atoms with Crippen LogP contribution in [0.4, 0.5) is 15.8 Å². The number of nitrogens with one attached hydrogen (secondary N) is 1. The van der Waals surface area contributed by atoms with Gasteiger partial charge >= 0.3 is 0 Å². The van der Waals surface area contributed by atoms with Crippen molar-refractivity contribution in [3.05, 3.63) is 53.3 Å². The molecule has 0 aromatic heterocycles. The molecule has 0 spiro atoms. The van der Waals surface area contributed by atoms with Gasteiger partial charge in [0.25, 0.3) is 0 Å². The number of nitrogens with zero attached hydrogens (tertiary/aromatic N) is 3. The number of halogens is 1. The highest BCUT2D eigenvalue weighted by atomic mass is 32.2. The summed E-state index contributed by atoms with van der Waals surface area (Å²) in [5.74, 6) is -3.31. The second-order valence-corrected chi connectivity index (χ2v) is 14.6. The van der Waals surface area contributed by atoms with Crippen LogP contribution in [0.15, 0.2) is 46.3 Å². The van der Waals surface area contributed by atoms with E-state index in [1.54, 1.807) is 39.8 Å². The lowest BCUT2D eigenvalue weighted by molar-refractivity contribution is -0.132. The first-order chi connectivity index (χ1) is 18.0. The Hall–Kier alpha value is -3.63. The molecule has 4 rings (SSSR count). The third-order valence-electron chi connectivity index (χ3n) is 6.60. The van der Waals surface area contributed by atoms with E-state index in [4.69, 9.17) is 0 Å². The fourth-order valence-corrected chi connectivity index (χ4v) is 7.16. The molecule has 0 saturated carbocycles. The van der Waals surface area contributed by atoms with Crippen LogP contribution in [0.5, 0.6) is 0 Å². The number of amides is 1. The summed E-state index contributed by atoms with van der Waals surface area (Å²) in [4.78, 5) is 32.8. The Morgan fingerprint density at radius 2 is 1.82 bits per heavy atom. The highest BCUT2D eigenvalue weighted by Gasteiger charge is 2.57. The fraction of sp³-hybridized carbons (Fsp3) is 0.385. The number of nitriles is 1. The predicted molar refractivity (Wildman–Crippen MR) is 142 cm³/mol. The molecule has 2 unspecified atom stereocenters. The van der Waals surface area contributed by atoms with Gasteiger partial charge in [-0.3, -0.25) is 19.3 Å². The molecule has 13 heteroatoms. The minimum atomic E-state index is -4.48. The van der Waals surface area contributed by atoms with Gasteiger partial charge in [0.2, 0.25) is 25.8 Å². The molecule has 2 aliphatic rings. The Bertz CT molecular complexity index is 1690. The van der Waals surface area contributed by atoms with Gasteiger partial charge in [0.05, 0.1) is 34.7 Å². The maximum Gasteiger partial charge on any atom is 0.240 e. The van der Waals surface area contributed by atoms with Crippen molar-refractivity contribution in [2.24, 2.45) is 16.3 Å². The maximum atomic E-state index is 13.8. The van der Waals surface area contributed by atoms with Gasteiger partial charge in [0.1, 0.15) is 11.7 Å². The molecule has 1 saturated heterocycles. The number of carbonyl (C=O) groups is 2. The number of rotatable bonds is 5. The van der Waals surface area contributed by atoms with Gasteiger partial charge in [-0.2, -0.15) is 5.26 Å². The second-order valence-electron chi connectivity index (χ2n) is 10.8. The zero-order valence-electron chi connectivity index (χ0n) is 21.9. The van der Waals surface area contributed by atoms with Crippen LogP contribution in [-0.2, 0) is 36.0 Å². The molecule has 1 fully saturated rings. The Kier molecular flexibility index (Phi) is 6.94. The van der Waals surface area contributed by atoms with Crippen LogP contribution in [0.3, 0.4) is 0 Å². The smallest absolute Gasteiger partial charge is 0.240 e. The number of sulfonamides is 1. The molecule has 0 aliphatic carbocycles. The zero-order valence-corrected chi connectivity index (χ0v) is 23.5. The highest BCUT2D eigenvalue weighted by Crippen LogP contribution is 2.41. The summed E-state index contributed by atoms with van der Waals surface area (Å²) >= 11 is 0. The van der Waals surface area contributed by atoms with E-state index in [0.717, 1.165) is 12.3 Å². The number of benzene rings is 2. The minimum absolute atomic E-state index is 0.0293. The third-order valence-corrected chi connectivity index (χ3v) is 9.12. The van der Waals surface area contributed by atoms with Crippen LogP contribution in [0.2, 0.25) is 0 Å². The number of hydrogen-bond acceptors (Lipinski definition) is 8. The Morgan fingerprint density at radius 3 is 2.38 bits per heavy atom. The number of ketones is 1. The van der Waals surface area contributed by atoms with E-state index < -0.39 is 70.6 Å². The molecular formula is C26H27FN4O6S2. The van der Waals surface area contributed by atoms with Crippen LogP contribution >= 0.6 is 0 Å². The molecule has 3 atom stereocenters. The highest BCUT2D eigenvalue weighted by molar-refractivity contribution is 7.93. The van der Waals surface area contributed by atoms with Crippen LogP contribution < -0.4 is 4.72 Å². The lowest BCUT2D eigenvalue weighted by Crippen LogP contribution is -2.44. The number of sulfone groups is 1. The summed E-state index contributed by atoms with van der Waals surface area (Å²) in [5, 5.41) is 7.96. The number of Topliss-reactive ketones (excluding diaryl/α,β-unsaturated/α-hetero) is 1. The first-order valence-corrected chi connectivity index (χ1v) is 15.3. The summed E-state index contributed by atoms with van der Waals surface area (Å²) < 4.78 is 66.3. The lowest BCUT2D eigenvalue weighted by atomic mass is 9.81. The standard InChI is InChI=1S/C26H27FN4O6S2/c1-14-10-15(6-8-17(14)27)13-31-24(26(2,3)4)23(32)21(25(31)33)22-20(12-28)39(36,37)19-11-16(30-38(5,34)35)7-9-18(19)29-22/h6-11,20-21,24,30H,13H2,1-5H3/t20?,21?,24-/m1/s1. The first kappa shape index (κ1) is 28.4. The van der Waals surface area contributed by atoms with Gasteiger partial charge in [-0.1, -0.05) is 32.9 Å². The molecule has 0 bridgehead atoms. The number of hydrogen-bond donors (Lipinski definition) is 1. The van der Waals surface area contributed by atoms with E-state index in [9.17, 15) is 36.1 Å². The topological polar surface area (TPSA) is 154 Å². The molecule has 2 heterocycles. The summed E-state index contributed by atoms with van der Waals surface area (Å²) in [6, 6.07) is 8.65. The van der Waals surface area contributed by atoms with E-state index in [1.165, 1.54) is 29.2 Å². The molecule has 1 N–H and O–H groups in total. The van der Waals surface area contributed by atoms with Crippen LogP contribution in [-0.4, -0.2) is 56.7 Å². The largest absolute Gasteiger partial charge is 0.327 e. The summed E-state index contributed by atoms with van der Waals surface area (Å²) in [6.07, 6.45) is 0.900. The third kappa shape index (κ3) is 5.18. The number of fused-ring (bicyclic) bond motifs is 1. The van der Waals surface area contributed by atoms with Crippen LogP contribution in [0, 0.1) is 35.4 Å². The van der Waals surface area contributed by atoms with E-state index in [1.807, 2.05) is 0 Å². The van der Waals surface area contributed by atoms with Gasteiger partial charge < -0.3 is 4.90 Å². The van der Waals surface area contributed by atoms with E-state index in [2.05, 4.69) is 9.71 Å². The first-order valence-electron chi connectivity index (χ1n) is 11.9. The monoisotopic (exact) mass is 574 g/mol. The van der Waals surface area contributed by atoms with Crippen molar-refractivity contribution in [1.29, 1.82) is 5.26 Å². The van der Waals surface area contributed by atoms with Gasteiger partial charge in [0, 0.05) is 12.2 Å². The fourth-order valence-electron chi connectivity index (χ4n) is 5.01. The van der Waals surface area contributed by atoms with Crippen molar-refractivity contribution in [3.63, 3.8) is 0 Å². The van der Waals surface area contributed by atoms with Crippen molar-refractivity contribution in [2.45, 2.75) is 50.4 Å². The van der Waals surface area contributed by atoms with E-state index in [0.29, 0.717) is 11.1 Å². The average Bonchev–Trinajstić information content (AvgIpc) is 3.04. The van der Waals surface area contributed by atoms with Gasteiger partial charge in [0.15, 0.2) is 11.0 Å². The Morgan fingerprint density at radius 1 is 1.15 bits per heavy atom. The normalized spacial score (nSPS) is 22.7. The summed E-state index contributed by atoms with van der Waals surface area (Å²) in [5.41, 5.74) is -0.361. The quantitative estimate of drug-likeness (QED) is 0.539. The van der Waals surface area contributed by atoms with Gasteiger partial charge in [-0.05, 0) is 47.7 Å². The summed E-state index contributed by atoms with van der Waals surface area (Å²) in [6.45, 7) is 6.84. The van der Waals surface area contributed by atoms with Crippen molar-refractivity contribution < 1.29 is 30.8 Å². The predicted octanol–water partition coefficient (Wildman–Crippen LogP) is 2.90. The molecule has 2 aliphatic heterocycles. The average molecular weight is 575 g/mol. The van der Waals surface area contributed by atoms with Crippen molar-refractivity contribution in [1.82, 2.24) is 4.90 Å². The SMILES string of the molecule is Cc1cc(CN2C(=O)C(C3=Nc4ccc(NS(C)(=O)=O)cc4S(=O)(=O)C3C#N)C(=O)[C@@H]2C(C)(C)C)ccc1F. The number of aryl methyl sites for hydroxylation is 1. The van der Waals surface area contributed by atoms with Crippen molar-refractivity contribution in [2.75, 3.05) is 11.0 Å². The molecular weight excluding hydrogens is 547 g/mol. The summed E-state index contributed by atoms with van der Waals surface area (Å²) in [7, 11) is -8.19. The molecule has 10 nitrogen and oxygen atoms in total. The van der Waals surface area contributed by atoms with Gasteiger partial charge in [-0.15, -0.1) is 0 Å². The van der Waals surface area contributed by atoms with Crippen LogP contribution in [0.1, 0.15) is 31.9 Å². The molecule has 2 aromatic rings. The minimum Gasteiger partial charge on any atom is -0.327 e. The maximum absolute atomic E-state index is 13.8. The number of likely N-dealkylation sites (tertiary alicyclic amines) is 1. The zero-order chi connectivity index (χ0) is 29.1. The van der Waals surface area contributed by atoms with E-state index >= 15 is 0 Å². The molecule has 0 radical (unpaired) electrons.